The van der Waals surface area contributed by atoms with Crippen LogP contribution in [0, 0.1) is 11.3 Å². The van der Waals surface area contributed by atoms with Gasteiger partial charge in [-0.05, 0) is 59.6 Å². The minimum atomic E-state index is 0.289. The molecule has 0 fully saturated rings. The Hall–Kier alpha value is -0.350. The van der Waals surface area contributed by atoms with Crippen LogP contribution in [0.1, 0.15) is 52.4 Å². The van der Waals surface area contributed by atoms with Gasteiger partial charge in [0, 0.05) is 7.05 Å². The minimum absolute atomic E-state index is 0.289. The summed E-state index contributed by atoms with van der Waals surface area (Å²) in [4.78, 5) is 0. The van der Waals surface area contributed by atoms with Gasteiger partial charge in [-0.3, -0.25) is 4.68 Å². The van der Waals surface area contributed by atoms with Crippen LogP contribution in [0.4, 0.5) is 0 Å². The molecule has 4 heteroatoms. The van der Waals surface area contributed by atoms with Crippen molar-refractivity contribution in [2.24, 2.45) is 18.4 Å². The zero-order valence-electron chi connectivity index (χ0n) is 13.9. The van der Waals surface area contributed by atoms with E-state index in [2.05, 4.69) is 68.0 Å². The van der Waals surface area contributed by atoms with Crippen LogP contribution >= 0.6 is 15.9 Å². The molecule has 116 valence electrons. The average Bonchev–Trinajstić information content (AvgIpc) is 2.63. The van der Waals surface area contributed by atoms with E-state index in [4.69, 9.17) is 0 Å². The summed E-state index contributed by atoms with van der Waals surface area (Å²) >= 11 is 3.74. The van der Waals surface area contributed by atoms with Gasteiger partial charge in [-0.25, -0.2) is 0 Å². The van der Waals surface area contributed by atoms with Crippen LogP contribution in [-0.4, -0.2) is 22.9 Å². The fourth-order valence-corrected chi connectivity index (χ4v) is 3.19. The summed E-state index contributed by atoms with van der Waals surface area (Å²) in [6, 6.07) is 0. The molecule has 0 spiro atoms. The van der Waals surface area contributed by atoms with Crippen molar-refractivity contribution < 1.29 is 0 Å². The molecule has 3 nitrogen and oxygen atoms in total. The number of aryl methyl sites for hydroxylation is 2. The zero-order valence-corrected chi connectivity index (χ0v) is 15.5. The van der Waals surface area contributed by atoms with E-state index in [1.54, 1.807) is 0 Å². The Morgan fingerprint density at radius 3 is 2.40 bits per heavy atom. The van der Waals surface area contributed by atoms with Crippen molar-refractivity contribution >= 4 is 15.9 Å². The van der Waals surface area contributed by atoms with Crippen molar-refractivity contribution in [2.75, 3.05) is 13.1 Å². The Bertz CT molecular complexity index is 418. The molecule has 1 N–H and O–H groups in total. The third kappa shape index (κ3) is 4.59. The normalized spacial score (nSPS) is 13.8. The Balaban J connectivity index is 2.87. The highest BCUT2D eigenvalue weighted by Crippen LogP contribution is 2.32. The molecular formula is C16H30BrN3. The number of aromatic nitrogens is 2. The molecule has 1 aromatic heterocycles. The highest BCUT2D eigenvalue weighted by Gasteiger charge is 2.27. The van der Waals surface area contributed by atoms with E-state index >= 15 is 0 Å². The molecule has 0 aliphatic rings. The molecule has 0 saturated carbocycles. The van der Waals surface area contributed by atoms with Gasteiger partial charge < -0.3 is 5.32 Å². The quantitative estimate of drug-likeness (QED) is 0.759. The number of halogens is 1. The van der Waals surface area contributed by atoms with E-state index in [0.717, 1.165) is 31.6 Å². The number of hydrogen-bond acceptors (Lipinski definition) is 2. The first-order valence-corrected chi connectivity index (χ1v) is 8.51. The first-order valence-electron chi connectivity index (χ1n) is 7.72. The second-order valence-corrected chi connectivity index (χ2v) is 7.45. The van der Waals surface area contributed by atoms with Gasteiger partial charge in [0.1, 0.15) is 0 Å². The summed E-state index contributed by atoms with van der Waals surface area (Å²) in [7, 11) is 2.05. The maximum atomic E-state index is 4.61. The topological polar surface area (TPSA) is 29.9 Å². The van der Waals surface area contributed by atoms with Crippen molar-refractivity contribution in [3.05, 3.63) is 15.9 Å². The fourth-order valence-electron chi connectivity index (χ4n) is 2.41. The summed E-state index contributed by atoms with van der Waals surface area (Å²) in [5, 5.41) is 8.19. The second-order valence-electron chi connectivity index (χ2n) is 6.66. The number of nitrogens with zero attached hydrogens (tertiary/aromatic N) is 2. The predicted octanol–water partition coefficient (Wildman–Crippen LogP) is 3.95. The largest absolute Gasteiger partial charge is 0.316 e. The van der Waals surface area contributed by atoms with Crippen molar-refractivity contribution in [1.82, 2.24) is 15.1 Å². The van der Waals surface area contributed by atoms with Crippen molar-refractivity contribution in [1.29, 1.82) is 0 Å². The summed E-state index contributed by atoms with van der Waals surface area (Å²) in [5.74, 6) is 0.602. The van der Waals surface area contributed by atoms with Crippen LogP contribution < -0.4 is 5.32 Å². The van der Waals surface area contributed by atoms with Crippen molar-refractivity contribution in [2.45, 2.75) is 53.9 Å². The maximum Gasteiger partial charge on any atom is 0.0766 e. The summed E-state index contributed by atoms with van der Waals surface area (Å²) in [6.45, 7) is 13.5. The number of rotatable bonds is 7. The second kappa shape index (κ2) is 7.60. The molecule has 0 amide bonds. The average molecular weight is 344 g/mol. The summed E-state index contributed by atoms with van der Waals surface area (Å²) in [5.41, 5.74) is 2.77. The van der Waals surface area contributed by atoms with E-state index in [9.17, 15) is 0 Å². The van der Waals surface area contributed by atoms with Crippen LogP contribution in [0.3, 0.4) is 0 Å². The lowest BCUT2D eigenvalue weighted by molar-refractivity contribution is 0.227. The van der Waals surface area contributed by atoms with Crippen LogP contribution in [0.25, 0.3) is 0 Å². The first-order chi connectivity index (χ1) is 9.31. The molecule has 0 aliphatic heterocycles. The van der Waals surface area contributed by atoms with Gasteiger partial charge in [-0.1, -0.05) is 34.6 Å². The predicted molar refractivity (Wildman–Crippen MR) is 90.1 cm³/mol. The van der Waals surface area contributed by atoms with Crippen LogP contribution in [0.5, 0.6) is 0 Å². The van der Waals surface area contributed by atoms with Crippen molar-refractivity contribution in [3.8, 4) is 0 Å². The molecule has 0 aromatic carbocycles. The lowest BCUT2D eigenvalue weighted by Gasteiger charge is -2.31. The van der Waals surface area contributed by atoms with Gasteiger partial charge in [0.2, 0.25) is 0 Å². The first kappa shape index (κ1) is 17.7. The molecule has 20 heavy (non-hydrogen) atoms. The molecule has 0 bridgehead atoms. The summed E-state index contributed by atoms with van der Waals surface area (Å²) in [6.07, 6.45) is 3.22. The third-order valence-corrected chi connectivity index (χ3v) is 4.90. The highest BCUT2D eigenvalue weighted by atomic mass is 79.9. The molecule has 1 rings (SSSR count). The van der Waals surface area contributed by atoms with Gasteiger partial charge in [-0.15, -0.1) is 0 Å². The molecule has 0 aliphatic carbocycles. The molecule has 1 heterocycles. The van der Waals surface area contributed by atoms with E-state index in [-0.39, 0.29) is 5.41 Å². The maximum absolute atomic E-state index is 4.61. The van der Waals surface area contributed by atoms with Gasteiger partial charge >= 0.3 is 0 Å². The lowest BCUT2D eigenvalue weighted by atomic mass is 9.78. The third-order valence-electron chi connectivity index (χ3n) is 3.98. The number of hydrogen-bond donors (Lipinski definition) is 1. The molecule has 1 aromatic rings. The Labute approximate surface area is 132 Å². The van der Waals surface area contributed by atoms with Gasteiger partial charge in [-0.2, -0.15) is 5.10 Å². The SMILES string of the molecule is CCCNCC(Cc1c(Br)c(CC)nn1C)C(C)(C)C. The van der Waals surface area contributed by atoms with Gasteiger partial charge in [0.25, 0.3) is 0 Å². The van der Waals surface area contributed by atoms with E-state index in [0.29, 0.717) is 5.92 Å². The molecule has 1 atom stereocenters. The van der Waals surface area contributed by atoms with Crippen LogP contribution in [0.2, 0.25) is 0 Å². The van der Waals surface area contributed by atoms with E-state index in [1.807, 2.05) is 4.68 Å². The highest BCUT2D eigenvalue weighted by molar-refractivity contribution is 9.10. The molecule has 0 saturated heterocycles. The molecule has 1 unspecified atom stereocenters. The van der Waals surface area contributed by atoms with Crippen LogP contribution in [-0.2, 0) is 19.9 Å². The van der Waals surface area contributed by atoms with Gasteiger partial charge in [0.05, 0.1) is 15.9 Å². The minimum Gasteiger partial charge on any atom is -0.316 e. The smallest absolute Gasteiger partial charge is 0.0766 e. The Morgan fingerprint density at radius 2 is 1.95 bits per heavy atom. The molecule has 0 radical (unpaired) electrons. The Morgan fingerprint density at radius 1 is 1.30 bits per heavy atom. The fraction of sp³-hybridized carbons (Fsp3) is 0.812. The van der Waals surface area contributed by atoms with Crippen LogP contribution in [0.15, 0.2) is 4.47 Å². The Kier molecular flexibility index (Phi) is 6.73. The van der Waals surface area contributed by atoms with E-state index in [1.165, 1.54) is 16.6 Å². The summed E-state index contributed by atoms with van der Waals surface area (Å²) < 4.78 is 3.24. The standard InChI is InChI=1S/C16H30BrN3/c1-7-9-18-11-12(16(3,4)5)10-14-15(17)13(8-2)19-20(14)6/h12,18H,7-11H2,1-6H3. The van der Waals surface area contributed by atoms with E-state index < -0.39 is 0 Å². The number of nitrogens with one attached hydrogen (secondary N) is 1. The van der Waals surface area contributed by atoms with Gasteiger partial charge in [0.15, 0.2) is 0 Å². The monoisotopic (exact) mass is 343 g/mol. The van der Waals surface area contributed by atoms with Crippen molar-refractivity contribution in [3.63, 3.8) is 0 Å². The zero-order chi connectivity index (χ0) is 15.3. The lowest BCUT2D eigenvalue weighted by Crippen LogP contribution is -2.34. The molecular weight excluding hydrogens is 314 g/mol.